The molecule has 0 aliphatic heterocycles. The van der Waals surface area contributed by atoms with Gasteiger partial charge >= 0.3 is 6.36 Å². The van der Waals surface area contributed by atoms with Crippen LogP contribution in [0.25, 0.3) is 0 Å². The fourth-order valence-corrected chi connectivity index (χ4v) is 1.52. The molecule has 1 heterocycles. The van der Waals surface area contributed by atoms with Crippen LogP contribution in [0.2, 0.25) is 0 Å². The van der Waals surface area contributed by atoms with E-state index < -0.39 is 6.36 Å². The summed E-state index contributed by atoms with van der Waals surface area (Å²) in [6.45, 7) is 0. The number of aryl methyl sites for hydroxylation is 1. The summed E-state index contributed by atoms with van der Waals surface area (Å²) < 4.78 is 41.5. The zero-order valence-electron chi connectivity index (χ0n) is 10.9. The van der Waals surface area contributed by atoms with E-state index in [1.165, 1.54) is 18.3 Å². The predicted octanol–water partition coefficient (Wildman–Crippen LogP) is 2.76. The summed E-state index contributed by atoms with van der Waals surface area (Å²) in [6, 6.07) is 4.93. The first-order chi connectivity index (χ1) is 9.83. The van der Waals surface area contributed by atoms with Gasteiger partial charge in [0.2, 0.25) is 0 Å². The molecule has 0 atom stereocenters. The lowest BCUT2D eigenvalue weighted by molar-refractivity contribution is -0.274. The quantitative estimate of drug-likeness (QED) is 0.699. The van der Waals surface area contributed by atoms with Crippen LogP contribution in [0.3, 0.4) is 0 Å². The molecule has 21 heavy (non-hydrogen) atoms. The van der Waals surface area contributed by atoms with Crippen LogP contribution in [0.15, 0.2) is 41.8 Å². The van der Waals surface area contributed by atoms with Gasteiger partial charge in [-0.15, -0.1) is 13.2 Å². The lowest BCUT2D eigenvalue weighted by Crippen LogP contribution is -2.17. The van der Waals surface area contributed by atoms with Crippen LogP contribution < -0.4 is 4.74 Å². The number of nitrogens with zero attached hydrogens (tertiary/aromatic N) is 3. The molecule has 0 aliphatic rings. The average Bonchev–Trinajstić information content (AvgIpc) is 2.81. The SMILES string of the molecule is Cn1cnc(C=NC(=N)c2ccc(OC(F)(F)F)cc2)c1. The average molecular weight is 296 g/mol. The second-order valence-electron chi connectivity index (χ2n) is 4.14. The minimum Gasteiger partial charge on any atom is -0.406 e. The molecule has 0 saturated carbocycles. The number of halogens is 3. The normalized spacial score (nSPS) is 11.8. The van der Waals surface area contributed by atoms with Crippen LogP contribution in [-0.2, 0) is 7.05 Å². The van der Waals surface area contributed by atoms with Gasteiger partial charge in [-0.25, -0.2) is 9.98 Å². The van der Waals surface area contributed by atoms with Crippen LogP contribution in [0.4, 0.5) is 13.2 Å². The van der Waals surface area contributed by atoms with Gasteiger partial charge in [0.15, 0.2) is 5.84 Å². The van der Waals surface area contributed by atoms with Crippen molar-refractivity contribution < 1.29 is 17.9 Å². The van der Waals surface area contributed by atoms with Crippen LogP contribution in [0.1, 0.15) is 11.3 Å². The first kappa shape index (κ1) is 14.8. The van der Waals surface area contributed by atoms with E-state index in [-0.39, 0.29) is 11.6 Å². The summed E-state index contributed by atoms with van der Waals surface area (Å²) in [6.07, 6.45) is -0.0140. The van der Waals surface area contributed by atoms with Crippen molar-refractivity contribution in [3.63, 3.8) is 0 Å². The monoisotopic (exact) mass is 296 g/mol. The van der Waals surface area contributed by atoms with Crippen molar-refractivity contribution in [3.8, 4) is 5.75 Å². The Balaban J connectivity index is 2.04. The second kappa shape index (κ2) is 5.78. The number of aromatic nitrogens is 2. The minimum absolute atomic E-state index is 0.0841. The van der Waals surface area contributed by atoms with Gasteiger partial charge in [0.25, 0.3) is 0 Å². The van der Waals surface area contributed by atoms with E-state index >= 15 is 0 Å². The lowest BCUT2D eigenvalue weighted by Gasteiger charge is -2.08. The van der Waals surface area contributed by atoms with Gasteiger partial charge in [0.1, 0.15) is 5.75 Å². The second-order valence-corrected chi connectivity index (χ2v) is 4.14. The molecule has 0 amide bonds. The van der Waals surface area contributed by atoms with Crippen LogP contribution in [0, 0.1) is 5.41 Å². The van der Waals surface area contributed by atoms with Crippen molar-refractivity contribution in [1.82, 2.24) is 9.55 Å². The highest BCUT2D eigenvalue weighted by Gasteiger charge is 2.30. The van der Waals surface area contributed by atoms with Gasteiger partial charge in [-0.2, -0.15) is 0 Å². The Morgan fingerprint density at radius 1 is 1.33 bits per heavy atom. The third-order valence-electron chi connectivity index (χ3n) is 2.41. The van der Waals surface area contributed by atoms with E-state index in [1.807, 2.05) is 0 Å². The Labute approximate surface area is 118 Å². The van der Waals surface area contributed by atoms with Crippen molar-refractivity contribution in [1.29, 1.82) is 5.41 Å². The minimum atomic E-state index is -4.73. The van der Waals surface area contributed by atoms with E-state index in [0.717, 1.165) is 12.1 Å². The molecule has 1 aromatic carbocycles. The van der Waals surface area contributed by atoms with Gasteiger partial charge in [0.05, 0.1) is 18.2 Å². The van der Waals surface area contributed by atoms with Gasteiger partial charge in [-0.05, 0) is 24.3 Å². The van der Waals surface area contributed by atoms with Gasteiger partial charge in [-0.3, -0.25) is 5.41 Å². The maximum atomic E-state index is 12.0. The number of hydrogen-bond acceptors (Lipinski definition) is 3. The molecular weight excluding hydrogens is 285 g/mol. The van der Waals surface area contributed by atoms with Crippen molar-refractivity contribution >= 4 is 12.1 Å². The van der Waals surface area contributed by atoms with Gasteiger partial charge in [0, 0.05) is 18.8 Å². The molecular formula is C13H11F3N4O. The zero-order chi connectivity index (χ0) is 15.5. The maximum Gasteiger partial charge on any atom is 0.573 e. The number of aliphatic imine (C=N–C) groups is 1. The highest BCUT2D eigenvalue weighted by atomic mass is 19.4. The number of rotatable bonds is 3. The van der Waals surface area contributed by atoms with Crippen LogP contribution in [-0.4, -0.2) is 28.0 Å². The predicted molar refractivity (Wildman–Crippen MR) is 70.8 cm³/mol. The molecule has 0 radical (unpaired) electrons. The van der Waals surface area contributed by atoms with Gasteiger partial charge < -0.3 is 9.30 Å². The summed E-state index contributed by atoms with van der Waals surface area (Å²) in [5.41, 5.74) is 0.955. The molecule has 0 aliphatic carbocycles. The third-order valence-corrected chi connectivity index (χ3v) is 2.41. The van der Waals surface area contributed by atoms with Crippen LogP contribution in [0.5, 0.6) is 5.75 Å². The summed E-state index contributed by atoms with van der Waals surface area (Å²) >= 11 is 0. The van der Waals surface area contributed by atoms with E-state index in [2.05, 4.69) is 14.7 Å². The van der Waals surface area contributed by atoms with Gasteiger partial charge in [-0.1, -0.05) is 0 Å². The lowest BCUT2D eigenvalue weighted by atomic mass is 10.2. The number of hydrogen-bond donors (Lipinski definition) is 1. The van der Waals surface area contributed by atoms with Crippen LogP contribution >= 0.6 is 0 Å². The Bertz CT molecular complexity index is 659. The highest BCUT2D eigenvalue weighted by molar-refractivity contribution is 6.02. The number of ether oxygens (including phenoxy) is 1. The molecule has 0 spiro atoms. The first-order valence-corrected chi connectivity index (χ1v) is 5.80. The molecule has 8 heteroatoms. The van der Waals surface area contributed by atoms with E-state index in [4.69, 9.17) is 5.41 Å². The topological polar surface area (TPSA) is 63.3 Å². The Hall–Kier alpha value is -2.64. The first-order valence-electron chi connectivity index (χ1n) is 5.80. The summed E-state index contributed by atoms with van der Waals surface area (Å²) in [5.74, 6) is -0.424. The fraction of sp³-hybridized carbons (Fsp3) is 0.154. The largest absolute Gasteiger partial charge is 0.573 e. The summed E-state index contributed by atoms with van der Waals surface area (Å²) in [5, 5.41) is 7.74. The number of amidine groups is 1. The zero-order valence-corrected chi connectivity index (χ0v) is 10.9. The third kappa shape index (κ3) is 4.44. The summed E-state index contributed by atoms with van der Waals surface area (Å²) in [7, 11) is 1.80. The van der Waals surface area contributed by atoms with E-state index in [0.29, 0.717) is 11.3 Å². The molecule has 0 unspecified atom stereocenters. The molecule has 5 nitrogen and oxygen atoms in total. The standard InChI is InChI=1S/C13H11F3N4O/c1-20-7-10(19-8-20)6-18-12(17)9-2-4-11(5-3-9)21-13(14,15)16/h2-8,17H,1H3. The number of benzene rings is 1. The molecule has 110 valence electrons. The van der Waals surface area contributed by atoms with Crippen molar-refractivity contribution in [2.24, 2.45) is 12.0 Å². The molecule has 0 bridgehead atoms. The summed E-state index contributed by atoms with van der Waals surface area (Å²) in [4.78, 5) is 7.91. The molecule has 1 aromatic heterocycles. The molecule has 2 rings (SSSR count). The Morgan fingerprint density at radius 3 is 2.52 bits per heavy atom. The molecule has 2 aromatic rings. The van der Waals surface area contributed by atoms with E-state index in [1.54, 1.807) is 24.1 Å². The molecule has 0 fully saturated rings. The molecule has 0 saturated heterocycles. The number of nitrogens with one attached hydrogen (secondary N) is 1. The van der Waals surface area contributed by atoms with Crippen molar-refractivity contribution in [2.45, 2.75) is 6.36 Å². The maximum absolute atomic E-state index is 12.0. The Morgan fingerprint density at radius 2 is 2.00 bits per heavy atom. The number of imidazole rings is 1. The smallest absolute Gasteiger partial charge is 0.406 e. The Kier molecular flexibility index (Phi) is 4.06. The highest BCUT2D eigenvalue weighted by Crippen LogP contribution is 2.22. The van der Waals surface area contributed by atoms with Crippen molar-refractivity contribution in [3.05, 3.63) is 48.0 Å². The fourth-order valence-electron chi connectivity index (χ4n) is 1.52. The number of alkyl halides is 3. The molecule has 1 N–H and O–H groups in total. The van der Waals surface area contributed by atoms with E-state index in [9.17, 15) is 13.2 Å². The van der Waals surface area contributed by atoms with Crippen molar-refractivity contribution in [2.75, 3.05) is 0 Å².